The van der Waals surface area contributed by atoms with Gasteiger partial charge in [0.25, 0.3) is 5.91 Å². The molecule has 0 aliphatic carbocycles. The van der Waals surface area contributed by atoms with Crippen molar-refractivity contribution in [1.29, 1.82) is 0 Å². The van der Waals surface area contributed by atoms with E-state index in [-0.39, 0.29) is 11.8 Å². The Morgan fingerprint density at radius 2 is 2.00 bits per heavy atom. The summed E-state index contributed by atoms with van der Waals surface area (Å²) < 4.78 is 0. The number of fused-ring (bicyclic) bond motifs is 1. The average molecular weight is 394 g/mol. The molecule has 3 aromatic rings. The Hall–Kier alpha value is -3.16. The van der Waals surface area contributed by atoms with E-state index in [0.29, 0.717) is 30.9 Å². The molecule has 2 aromatic heterocycles. The zero-order valence-corrected chi connectivity index (χ0v) is 16.4. The first-order valence-corrected chi connectivity index (χ1v) is 10.2. The first-order chi connectivity index (χ1) is 14.2. The van der Waals surface area contributed by atoms with Crippen LogP contribution < -0.4 is 5.32 Å². The van der Waals surface area contributed by atoms with Gasteiger partial charge >= 0.3 is 0 Å². The first-order valence-electron chi connectivity index (χ1n) is 10.2. The van der Waals surface area contributed by atoms with Gasteiger partial charge in [-0.2, -0.15) is 10.2 Å². The quantitative estimate of drug-likeness (QED) is 0.571. The van der Waals surface area contributed by atoms with Crippen LogP contribution in [0.15, 0.2) is 36.7 Å². The second-order valence-electron chi connectivity index (χ2n) is 7.63. The maximum absolute atomic E-state index is 12.8. The summed E-state index contributed by atoms with van der Waals surface area (Å²) in [6.45, 7) is 2.22. The van der Waals surface area contributed by atoms with Crippen LogP contribution in [0.2, 0.25) is 0 Å². The highest BCUT2D eigenvalue weighted by Gasteiger charge is 2.23. The van der Waals surface area contributed by atoms with Gasteiger partial charge in [0.05, 0.1) is 11.7 Å². The third-order valence-corrected chi connectivity index (χ3v) is 5.64. The van der Waals surface area contributed by atoms with E-state index in [9.17, 15) is 9.59 Å². The lowest BCUT2D eigenvalue weighted by molar-refractivity contribution is -0.121. The first kappa shape index (κ1) is 19.2. The van der Waals surface area contributed by atoms with Crippen LogP contribution in [0.1, 0.15) is 41.7 Å². The standard InChI is InChI=1S/C21H26N6O2/c28-20(4-2-18-6-10-23-25-18)22-9-5-15-7-11-27(12-8-15)21(29)16-1-3-19-17(13-16)14-24-26-19/h1,3,6,10,13-15H,2,4-5,7-9,11-12H2,(H,22,28)(H,23,25)(H,24,26). The summed E-state index contributed by atoms with van der Waals surface area (Å²) >= 11 is 0. The number of nitrogens with one attached hydrogen (secondary N) is 3. The summed E-state index contributed by atoms with van der Waals surface area (Å²) in [7, 11) is 0. The molecule has 2 amide bonds. The van der Waals surface area contributed by atoms with E-state index >= 15 is 0 Å². The minimum atomic E-state index is 0.0712. The number of aromatic amines is 2. The number of H-pyrrole nitrogens is 2. The fraction of sp³-hybridized carbons (Fsp3) is 0.429. The SMILES string of the molecule is O=C(CCc1ccn[nH]1)NCCC1CCN(C(=O)c2ccc3[nH]ncc3c2)CC1. The number of aromatic nitrogens is 4. The zero-order valence-electron chi connectivity index (χ0n) is 16.4. The van der Waals surface area contributed by atoms with E-state index in [2.05, 4.69) is 25.7 Å². The van der Waals surface area contributed by atoms with Crippen LogP contribution in [0.3, 0.4) is 0 Å². The van der Waals surface area contributed by atoms with Crippen molar-refractivity contribution in [2.75, 3.05) is 19.6 Å². The van der Waals surface area contributed by atoms with E-state index in [0.717, 1.165) is 48.9 Å². The molecule has 1 aromatic carbocycles. The Labute approximate surface area is 169 Å². The Balaban J connectivity index is 1.17. The maximum Gasteiger partial charge on any atom is 0.253 e. The van der Waals surface area contributed by atoms with Crippen LogP contribution in [0.25, 0.3) is 10.9 Å². The summed E-state index contributed by atoms with van der Waals surface area (Å²) in [5.74, 6) is 0.698. The Bertz CT molecular complexity index is 957. The van der Waals surface area contributed by atoms with E-state index in [1.807, 2.05) is 29.2 Å². The van der Waals surface area contributed by atoms with Crippen molar-refractivity contribution in [3.05, 3.63) is 47.9 Å². The average Bonchev–Trinajstić information content (AvgIpc) is 3.43. The molecule has 1 aliphatic heterocycles. The van der Waals surface area contributed by atoms with E-state index in [4.69, 9.17) is 0 Å². The molecular formula is C21H26N6O2. The highest BCUT2D eigenvalue weighted by molar-refractivity contribution is 5.97. The van der Waals surface area contributed by atoms with Crippen molar-refractivity contribution < 1.29 is 9.59 Å². The largest absolute Gasteiger partial charge is 0.356 e. The summed E-state index contributed by atoms with van der Waals surface area (Å²) in [5, 5.41) is 17.6. The highest BCUT2D eigenvalue weighted by Crippen LogP contribution is 2.22. The maximum atomic E-state index is 12.8. The fourth-order valence-corrected chi connectivity index (χ4v) is 3.86. The van der Waals surface area contributed by atoms with Crippen molar-refractivity contribution in [2.45, 2.75) is 32.1 Å². The van der Waals surface area contributed by atoms with Crippen LogP contribution >= 0.6 is 0 Å². The molecule has 0 spiro atoms. The predicted octanol–water partition coefficient (Wildman–Crippen LogP) is 2.28. The van der Waals surface area contributed by atoms with E-state index < -0.39 is 0 Å². The number of carbonyl (C=O) groups excluding carboxylic acids is 2. The molecule has 3 heterocycles. The number of likely N-dealkylation sites (tertiary alicyclic amines) is 1. The van der Waals surface area contributed by atoms with Gasteiger partial charge in [-0.3, -0.25) is 19.8 Å². The summed E-state index contributed by atoms with van der Waals surface area (Å²) in [4.78, 5) is 26.7. The second-order valence-corrected chi connectivity index (χ2v) is 7.63. The molecule has 4 rings (SSSR count). The molecule has 1 saturated heterocycles. The molecule has 3 N–H and O–H groups in total. The lowest BCUT2D eigenvalue weighted by atomic mass is 9.93. The molecular weight excluding hydrogens is 368 g/mol. The smallest absolute Gasteiger partial charge is 0.253 e. The van der Waals surface area contributed by atoms with Crippen molar-refractivity contribution in [2.24, 2.45) is 5.92 Å². The van der Waals surface area contributed by atoms with Crippen LogP contribution in [-0.2, 0) is 11.2 Å². The van der Waals surface area contributed by atoms with Gasteiger partial charge in [0.2, 0.25) is 5.91 Å². The van der Waals surface area contributed by atoms with E-state index in [1.165, 1.54) is 0 Å². The molecule has 0 unspecified atom stereocenters. The number of amides is 2. The summed E-state index contributed by atoms with van der Waals surface area (Å²) in [5.41, 5.74) is 2.62. The summed E-state index contributed by atoms with van der Waals surface area (Å²) in [6, 6.07) is 7.53. The van der Waals surface area contributed by atoms with Gasteiger partial charge in [-0.15, -0.1) is 0 Å². The molecule has 8 nitrogen and oxygen atoms in total. The lowest BCUT2D eigenvalue weighted by Crippen LogP contribution is -2.39. The number of rotatable bonds is 7. The molecule has 0 atom stereocenters. The molecule has 8 heteroatoms. The van der Waals surface area contributed by atoms with Gasteiger partial charge in [-0.1, -0.05) is 0 Å². The Morgan fingerprint density at radius 1 is 1.14 bits per heavy atom. The minimum absolute atomic E-state index is 0.0712. The molecule has 0 bridgehead atoms. The molecule has 29 heavy (non-hydrogen) atoms. The van der Waals surface area contributed by atoms with Crippen LogP contribution in [0.5, 0.6) is 0 Å². The van der Waals surface area contributed by atoms with Gasteiger partial charge in [-0.25, -0.2) is 0 Å². The lowest BCUT2D eigenvalue weighted by Gasteiger charge is -2.32. The highest BCUT2D eigenvalue weighted by atomic mass is 16.2. The van der Waals surface area contributed by atoms with E-state index in [1.54, 1.807) is 12.4 Å². The second kappa shape index (κ2) is 8.89. The number of aryl methyl sites for hydroxylation is 1. The number of benzene rings is 1. The van der Waals surface area contributed by atoms with Crippen molar-refractivity contribution in [3.8, 4) is 0 Å². The molecule has 0 radical (unpaired) electrons. The van der Waals surface area contributed by atoms with Crippen LogP contribution in [0, 0.1) is 5.92 Å². The third kappa shape index (κ3) is 4.82. The topological polar surface area (TPSA) is 107 Å². The Kier molecular flexibility index (Phi) is 5.88. The molecule has 0 saturated carbocycles. The monoisotopic (exact) mass is 394 g/mol. The number of hydrogen-bond donors (Lipinski definition) is 3. The zero-order chi connectivity index (χ0) is 20.1. The van der Waals surface area contributed by atoms with Crippen molar-refractivity contribution in [1.82, 2.24) is 30.6 Å². The van der Waals surface area contributed by atoms with Gasteiger partial charge in [0.1, 0.15) is 0 Å². The number of piperidine rings is 1. The number of hydrogen-bond acceptors (Lipinski definition) is 4. The molecule has 1 aliphatic rings. The summed E-state index contributed by atoms with van der Waals surface area (Å²) in [6.07, 6.45) is 7.49. The predicted molar refractivity (Wildman–Crippen MR) is 109 cm³/mol. The fourth-order valence-electron chi connectivity index (χ4n) is 3.86. The Morgan fingerprint density at radius 3 is 2.79 bits per heavy atom. The van der Waals surface area contributed by atoms with Crippen molar-refractivity contribution in [3.63, 3.8) is 0 Å². The molecule has 152 valence electrons. The normalized spacial score (nSPS) is 15.0. The van der Waals surface area contributed by atoms with Crippen LogP contribution in [-0.4, -0.2) is 56.7 Å². The minimum Gasteiger partial charge on any atom is -0.356 e. The molecule has 1 fully saturated rings. The van der Waals surface area contributed by atoms with Gasteiger partial charge in [0, 0.05) is 48.9 Å². The van der Waals surface area contributed by atoms with Crippen LogP contribution in [0.4, 0.5) is 0 Å². The van der Waals surface area contributed by atoms with Gasteiger partial charge in [0.15, 0.2) is 0 Å². The van der Waals surface area contributed by atoms with Crippen molar-refractivity contribution >= 4 is 22.7 Å². The number of carbonyl (C=O) groups is 2. The van der Waals surface area contributed by atoms with Gasteiger partial charge in [-0.05, 0) is 55.9 Å². The third-order valence-electron chi connectivity index (χ3n) is 5.64. The van der Waals surface area contributed by atoms with Gasteiger partial charge < -0.3 is 10.2 Å². The number of nitrogens with zero attached hydrogens (tertiary/aromatic N) is 3.